The van der Waals surface area contributed by atoms with Crippen molar-refractivity contribution in [3.63, 3.8) is 0 Å². The predicted molar refractivity (Wildman–Crippen MR) is 74.1 cm³/mol. The quantitative estimate of drug-likeness (QED) is 0.756. The summed E-state index contributed by atoms with van der Waals surface area (Å²) >= 11 is 0. The molecule has 102 valence electrons. The lowest BCUT2D eigenvalue weighted by atomic mass is 10.2. The van der Waals surface area contributed by atoms with E-state index in [9.17, 15) is 9.90 Å². The Hall–Kier alpha value is -2.76. The van der Waals surface area contributed by atoms with Crippen LogP contribution in [-0.2, 0) is 6.54 Å². The number of nitrogens with one attached hydrogen (secondary N) is 1. The predicted octanol–water partition coefficient (Wildman–Crippen LogP) is 1.49. The molecule has 6 nitrogen and oxygen atoms in total. The summed E-state index contributed by atoms with van der Waals surface area (Å²) in [5, 5.41) is 14.4. The number of fused-ring (bicyclic) bond motifs is 1. The first-order valence-electron chi connectivity index (χ1n) is 6.08. The van der Waals surface area contributed by atoms with Crippen molar-refractivity contribution in [2.75, 3.05) is 7.11 Å². The van der Waals surface area contributed by atoms with Gasteiger partial charge in [0.1, 0.15) is 5.75 Å². The lowest BCUT2D eigenvalue weighted by Crippen LogP contribution is -2.06. The van der Waals surface area contributed by atoms with Gasteiger partial charge in [-0.2, -0.15) is 5.10 Å². The molecular formula is C14H13N3O3. The lowest BCUT2D eigenvalue weighted by molar-refractivity contribution is 0.414. The highest BCUT2D eigenvalue weighted by atomic mass is 16.5. The fourth-order valence-electron chi connectivity index (χ4n) is 2.10. The maximum Gasteiger partial charge on any atom is 0.252 e. The van der Waals surface area contributed by atoms with E-state index in [0.29, 0.717) is 17.4 Å². The van der Waals surface area contributed by atoms with E-state index in [4.69, 9.17) is 4.74 Å². The minimum atomic E-state index is -0.355. The van der Waals surface area contributed by atoms with E-state index in [-0.39, 0.29) is 11.4 Å². The van der Waals surface area contributed by atoms with Crippen LogP contribution in [0.2, 0.25) is 0 Å². The topological polar surface area (TPSA) is 80.1 Å². The van der Waals surface area contributed by atoms with Crippen molar-refractivity contribution in [3.8, 4) is 11.6 Å². The smallest absolute Gasteiger partial charge is 0.252 e. The van der Waals surface area contributed by atoms with Crippen LogP contribution in [0.15, 0.2) is 41.3 Å². The van der Waals surface area contributed by atoms with E-state index < -0.39 is 0 Å². The number of benzene rings is 1. The molecule has 0 aliphatic carbocycles. The summed E-state index contributed by atoms with van der Waals surface area (Å²) in [7, 11) is 1.62. The molecular weight excluding hydrogens is 258 g/mol. The zero-order valence-electron chi connectivity index (χ0n) is 10.8. The number of H-pyrrole nitrogens is 1. The average molecular weight is 271 g/mol. The van der Waals surface area contributed by atoms with Gasteiger partial charge in [0.25, 0.3) is 5.56 Å². The first-order chi connectivity index (χ1) is 9.67. The second kappa shape index (κ2) is 4.73. The molecule has 0 aliphatic heterocycles. The van der Waals surface area contributed by atoms with E-state index in [0.717, 1.165) is 11.3 Å². The number of methoxy groups -OCH3 is 1. The van der Waals surface area contributed by atoms with Gasteiger partial charge in [0.15, 0.2) is 0 Å². The second-order valence-corrected chi connectivity index (χ2v) is 4.43. The molecule has 0 spiro atoms. The van der Waals surface area contributed by atoms with Crippen LogP contribution in [0.5, 0.6) is 11.6 Å². The van der Waals surface area contributed by atoms with Crippen molar-refractivity contribution in [1.82, 2.24) is 14.8 Å². The minimum Gasteiger partial charge on any atom is -0.497 e. The monoisotopic (exact) mass is 271 g/mol. The summed E-state index contributed by atoms with van der Waals surface area (Å²) in [6.07, 6.45) is 1.53. The normalized spacial score (nSPS) is 10.8. The van der Waals surface area contributed by atoms with Crippen molar-refractivity contribution in [3.05, 3.63) is 52.4 Å². The van der Waals surface area contributed by atoms with Gasteiger partial charge in [0, 0.05) is 6.07 Å². The zero-order valence-corrected chi connectivity index (χ0v) is 10.8. The van der Waals surface area contributed by atoms with E-state index in [1.54, 1.807) is 11.8 Å². The Morgan fingerprint density at radius 1 is 1.35 bits per heavy atom. The van der Waals surface area contributed by atoms with Gasteiger partial charge in [-0.25, -0.2) is 0 Å². The molecule has 0 aliphatic rings. The van der Waals surface area contributed by atoms with Gasteiger partial charge >= 0.3 is 0 Å². The molecule has 20 heavy (non-hydrogen) atoms. The molecule has 0 fully saturated rings. The Balaban J connectivity index is 2.00. The fourth-order valence-corrected chi connectivity index (χ4v) is 2.10. The maximum atomic E-state index is 11.4. The molecule has 1 aromatic carbocycles. The molecule has 0 amide bonds. The summed E-state index contributed by atoms with van der Waals surface area (Å²) in [6, 6.07) is 9.01. The molecule has 0 radical (unpaired) electrons. The lowest BCUT2D eigenvalue weighted by Gasteiger charge is -2.05. The van der Waals surface area contributed by atoms with Crippen molar-refractivity contribution >= 4 is 10.9 Å². The summed E-state index contributed by atoms with van der Waals surface area (Å²) in [5.41, 5.74) is 1.27. The summed E-state index contributed by atoms with van der Waals surface area (Å²) in [4.78, 5) is 13.8. The molecule has 6 heteroatoms. The Labute approximate surface area is 114 Å². The maximum absolute atomic E-state index is 11.4. The molecule has 0 unspecified atom stereocenters. The highest BCUT2D eigenvalue weighted by molar-refractivity contribution is 5.82. The van der Waals surface area contributed by atoms with E-state index in [1.165, 1.54) is 12.3 Å². The number of hydrogen-bond donors (Lipinski definition) is 2. The molecule has 2 heterocycles. The first kappa shape index (κ1) is 12.3. The van der Waals surface area contributed by atoms with Gasteiger partial charge in [-0.3, -0.25) is 14.5 Å². The van der Waals surface area contributed by atoms with Crippen molar-refractivity contribution < 1.29 is 9.84 Å². The van der Waals surface area contributed by atoms with Crippen molar-refractivity contribution in [2.24, 2.45) is 0 Å². The largest absolute Gasteiger partial charge is 0.497 e. The van der Waals surface area contributed by atoms with Gasteiger partial charge in [-0.15, -0.1) is 0 Å². The van der Waals surface area contributed by atoms with Crippen LogP contribution >= 0.6 is 0 Å². The Morgan fingerprint density at radius 3 is 2.80 bits per heavy atom. The number of pyridine rings is 1. The molecule has 0 saturated heterocycles. The number of aromatic hydroxyl groups is 1. The average Bonchev–Trinajstić information content (AvgIpc) is 2.83. The number of ether oxygens (including phenoxy) is 1. The van der Waals surface area contributed by atoms with E-state index >= 15 is 0 Å². The third-order valence-corrected chi connectivity index (χ3v) is 3.14. The molecule has 3 aromatic rings. The van der Waals surface area contributed by atoms with E-state index in [2.05, 4.69) is 10.1 Å². The van der Waals surface area contributed by atoms with Gasteiger partial charge < -0.3 is 9.84 Å². The van der Waals surface area contributed by atoms with Crippen molar-refractivity contribution in [2.45, 2.75) is 6.54 Å². The van der Waals surface area contributed by atoms with Crippen molar-refractivity contribution in [1.29, 1.82) is 0 Å². The third-order valence-electron chi connectivity index (χ3n) is 3.14. The highest BCUT2D eigenvalue weighted by Gasteiger charge is 2.08. The number of aromatic amines is 1. The van der Waals surface area contributed by atoms with Crippen LogP contribution in [0.3, 0.4) is 0 Å². The van der Waals surface area contributed by atoms with Crippen LogP contribution < -0.4 is 10.3 Å². The molecule has 2 N–H and O–H groups in total. The zero-order chi connectivity index (χ0) is 14.1. The molecule has 2 aromatic heterocycles. The van der Waals surface area contributed by atoms with Gasteiger partial charge in [-0.1, -0.05) is 12.1 Å². The molecule has 0 bridgehead atoms. The highest BCUT2D eigenvalue weighted by Crippen LogP contribution is 2.20. The van der Waals surface area contributed by atoms with Gasteiger partial charge in [0.2, 0.25) is 5.88 Å². The van der Waals surface area contributed by atoms with Crippen LogP contribution in [0.25, 0.3) is 10.9 Å². The number of rotatable bonds is 3. The van der Waals surface area contributed by atoms with Crippen LogP contribution in [0.4, 0.5) is 0 Å². The summed E-state index contributed by atoms with van der Waals surface area (Å²) < 4.78 is 6.78. The fraction of sp³-hybridized carbons (Fsp3) is 0.143. The SMILES string of the molecule is COc1ccc(Cn2ncc3c(O)[nH]c(=O)cc32)cc1. The Morgan fingerprint density at radius 2 is 2.10 bits per heavy atom. The number of aromatic nitrogens is 3. The molecule has 0 saturated carbocycles. The summed E-state index contributed by atoms with van der Waals surface area (Å²) in [6.45, 7) is 0.510. The van der Waals surface area contributed by atoms with Crippen LogP contribution in [0.1, 0.15) is 5.56 Å². The Bertz CT molecular complexity index is 803. The van der Waals surface area contributed by atoms with Crippen LogP contribution in [-0.4, -0.2) is 27.0 Å². The summed E-state index contributed by atoms with van der Waals surface area (Å²) in [5.74, 6) is 0.627. The standard InChI is InChI=1S/C14H13N3O3/c1-20-10-4-2-9(3-5-10)8-17-12-6-13(18)16-14(19)11(12)7-15-17/h2-7H,8H2,1H3,(H2,16,18,19). The second-order valence-electron chi connectivity index (χ2n) is 4.43. The Kier molecular flexibility index (Phi) is 2.90. The molecule has 0 atom stereocenters. The molecule has 3 rings (SSSR count). The first-order valence-corrected chi connectivity index (χ1v) is 6.08. The van der Waals surface area contributed by atoms with Crippen LogP contribution in [0, 0.1) is 0 Å². The van der Waals surface area contributed by atoms with Gasteiger partial charge in [-0.05, 0) is 17.7 Å². The number of nitrogens with zero attached hydrogens (tertiary/aromatic N) is 2. The van der Waals surface area contributed by atoms with E-state index in [1.807, 2.05) is 24.3 Å². The third kappa shape index (κ3) is 2.11. The minimum absolute atomic E-state index is 0.159. The number of hydrogen-bond acceptors (Lipinski definition) is 4. The van der Waals surface area contributed by atoms with Gasteiger partial charge in [0.05, 0.1) is 30.8 Å².